The van der Waals surface area contributed by atoms with Gasteiger partial charge in [-0.3, -0.25) is 9.52 Å². The van der Waals surface area contributed by atoms with Gasteiger partial charge in [-0.15, -0.1) is 0 Å². The number of carbonyl (C=O) groups excluding carboxylic acids is 2. The van der Waals surface area contributed by atoms with Crippen LogP contribution in [-0.4, -0.2) is 57.0 Å². The molecular formula is C15H22N2O5S. The average molecular weight is 342 g/mol. The zero-order valence-electron chi connectivity index (χ0n) is 13.4. The number of hydrogen-bond acceptors (Lipinski definition) is 8. The fourth-order valence-electron chi connectivity index (χ4n) is 2.08. The first-order chi connectivity index (χ1) is 11.1. The molecule has 8 heteroatoms. The molecule has 0 amide bonds. The Hall–Kier alpha value is -1.61. The maximum absolute atomic E-state index is 11.4. The van der Waals surface area contributed by atoms with E-state index in [4.69, 9.17) is 9.84 Å². The third kappa shape index (κ3) is 5.83. The van der Waals surface area contributed by atoms with Crippen LogP contribution in [0.25, 0.3) is 0 Å². The van der Waals surface area contributed by atoms with Gasteiger partial charge in [0.05, 0.1) is 19.8 Å². The Kier molecular flexibility index (Phi) is 8.64. The predicted molar refractivity (Wildman–Crippen MR) is 87.1 cm³/mol. The minimum atomic E-state index is -0.347. The number of ether oxygens (including phenoxy) is 2. The Balaban J connectivity index is 0.00000127. The lowest BCUT2D eigenvalue weighted by Crippen LogP contribution is -2.31. The van der Waals surface area contributed by atoms with E-state index in [9.17, 15) is 9.59 Å². The smallest absolute Gasteiger partial charge is 0.337 e. The van der Waals surface area contributed by atoms with Crippen LogP contribution in [0.4, 0.5) is 0 Å². The summed E-state index contributed by atoms with van der Waals surface area (Å²) in [5, 5.41) is 10.1. The molecule has 2 rings (SSSR count). The standard InChI is InChI=1S/C14H18N2O4S.CH4O/c1-19-13(17)9-3-5-11(6-4-9)21-16-10-7-12(15-8-10)14(18)20-2;1-2/h3-6,10,12,15-16H,7-8H2,1-2H3;2H,1H3/t10-,12+;/m1./s1. The van der Waals surface area contributed by atoms with Crippen LogP contribution >= 0.6 is 11.9 Å². The van der Waals surface area contributed by atoms with Crippen LogP contribution in [0.1, 0.15) is 16.8 Å². The van der Waals surface area contributed by atoms with Gasteiger partial charge in [-0.1, -0.05) is 0 Å². The van der Waals surface area contributed by atoms with Gasteiger partial charge in [0.2, 0.25) is 0 Å². The first-order valence-corrected chi connectivity index (χ1v) is 7.82. The molecule has 7 nitrogen and oxygen atoms in total. The number of esters is 2. The zero-order valence-corrected chi connectivity index (χ0v) is 14.2. The molecule has 0 spiro atoms. The van der Waals surface area contributed by atoms with Gasteiger partial charge in [0.25, 0.3) is 0 Å². The van der Waals surface area contributed by atoms with Gasteiger partial charge in [-0.25, -0.2) is 4.79 Å². The van der Waals surface area contributed by atoms with Crippen LogP contribution in [0.15, 0.2) is 29.2 Å². The summed E-state index contributed by atoms with van der Waals surface area (Å²) in [5.41, 5.74) is 0.523. The Bertz CT molecular complexity index is 509. The first-order valence-electron chi connectivity index (χ1n) is 7.00. The molecule has 0 aliphatic carbocycles. The molecule has 128 valence electrons. The molecule has 1 heterocycles. The molecule has 0 saturated carbocycles. The van der Waals surface area contributed by atoms with E-state index in [0.29, 0.717) is 18.5 Å². The topological polar surface area (TPSA) is 96.9 Å². The molecule has 2 atom stereocenters. The van der Waals surface area contributed by atoms with Crippen molar-refractivity contribution in [2.24, 2.45) is 0 Å². The van der Waals surface area contributed by atoms with Crippen molar-refractivity contribution in [3.05, 3.63) is 29.8 Å². The van der Waals surface area contributed by atoms with Crippen LogP contribution < -0.4 is 10.0 Å². The van der Waals surface area contributed by atoms with Gasteiger partial charge in [-0.2, -0.15) is 0 Å². The van der Waals surface area contributed by atoms with Crippen LogP contribution in [-0.2, 0) is 14.3 Å². The highest BCUT2D eigenvalue weighted by Crippen LogP contribution is 2.19. The van der Waals surface area contributed by atoms with Gasteiger partial charge in [0.1, 0.15) is 6.04 Å². The van der Waals surface area contributed by atoms with Crippen molar-refractivity contribution in [1.82, 2.24) is 10.0 Å². The van der Waals surface area contributed by atoms with E-state index in [1.807, 2.05) is 12.1 Å². The number of nitrogens with one attached hydrogen (secondary N) is 2. The summed E-state index contributed by atoms with van der Waals surface area (Å²) in [7, 11) is 3.75. The van der Waals surface area contributed by atoms with E-state index in [-0.39, 0.29) is 24.0 Å². The summed E-state index contributed by atoms with van der Waals surface area (Å²) >= 11 is 1.47. The van der Waals surface area contributed by atoms with Crippen molar-refractivity contribution < 1.29 is 24.2 Å². The van der Waals surface area contributed by atoms with E-state index in [1.165, 1.54) is 26.2 Å². The first kappa shape index (κ1) is 19.4. The number of aliphatic hydroxyl groups excluding tert-OH is 1. The highest BCUT2D eigenvalue weighted by atomic mass is 32.2. The number of hydrogen-bond donors (Lipinski definition) is 3. The van der Waals surface area contributed by atoms with Crippen LogP contribution in [0.5, 0.6) is 0 Å². The summed E-state index contributed by atoms with van der Waals surface area (Å²) in [6.45, 7) is 0.715. The summed E-state index contributed by atoms with van der Waals surface area (Å²) in [4.78, 5) is 23.7. The van der Waals surface area contributed by atoms with Crippen LogP contribution in [0.3, 0.4) is 0 Å². The van der Waals surface area contributed by atoms with E-state index in [1.54, 1.807) is 12.1 Å². The minimum absolute atomic E-state index is 0.194. The molecule has 1 saturated heterocycles. The third-order valence-corrected chi connectivity index (χ3v) is 4.19. The average Bonchev–Trinajstić information content (AvgIpc) is 3.09. The molecular weight excluding hydrogens is 320 g/mol. The maximum atomic E-state index is 11.4. The Morgan fingerprint density at radius 2 is 1.87 bits per heavy atom. The van der Waals surface area contributed by atoms with Crippen molar-refractivity contribution in [2.75, 3.05) is 27.9 Å². The van der Waals surface area contributed by atoms with Crippen molar-refractivity contribution in [3.8, 4) is 0 Å². The second kappa shape index (κ2) is 10.2. The van der Waals surface area contributed by atoms with E-state index >= 15 is 0 Å². The minimum Gasteiger partial charge on any atom is -0.468 e. The highest BCUT2D eigenvalue weighted by Gasteiger charge is 2.29. The summed E-state index contributed by atoms with van der Waals surface area (Å²) in [5.74, 6) is -0.577. The van der Waals surface area contributed by atoms with Crippen molar-refractivity contribution in [1.29, 1.82) is 0 Å². The molecule has 1 fully saturated rings. The molecule has 1 aromatic carbocycles. The number of benzene rings is 1. The van der Waals surface area contributed by atoms with Crippen molar-refractivity contribution in [3.63, 3.8) is 0 Å². The van der Waals surface area contributed by atoms with Gasteiger partial charge < -0.3 is 19.9 Å². The Labute approximate surface area is 139 Å². The monoisotopic (exact) mass is 342 g/mol. The largest absolute Gasteiger partial charge is 0.468 e. The normalized spacial score (nSPS) is 19.5. The quantitative estimate of drug-likeness (QED) is 0.528. The van der Waals surface area contributed by atoms with Gasteiger partial charge in [0, 0.05) is 24.6 Å². The summed E-state index contributed by atoms with van der Waals surface area (Å²) < 4.78 is 12.7. The molecule has 0 aromatic heterocycles. The fraction of sp³-hybridized carbons (Fsp3) is 0.467. The maximum Gasteiger partial charge on any atom is 0.337 e. The van der Waals surface area contributed by atoms with Crippen LogP contribution in [0.2, 0.25) is 0 Å². The molecule has 1 aromatic rings. The number of rotatable bonds is 5. The fourth-order valence-corrected chi connectivity index (χ4v) is 2.83. The van der Waals surface area contributed by atoms with Crippen molar-refractivity contribution in [2.45, 2.75) is 23.4 Å². The zero-order chi connectivity index (χ0) is 17.2. The summed E-state index contributed by atoms with van der Waals surface area (Å²) in [6.07, 6.45) is 0.694. The predicted octanol–water partition coefficient (Wildman–Crippen LogP) is 0.582. The number of aliphatic hydroxyl groups is 1. The second-order valence-electron chi connectivity index (χ2n) is 4.65. The molecule has 1 aliphatic heterocycles. The lowest BCUT2D eigenvalue weighted by molar-refractivity contribution is -0.142. The Morgan fingerprint density at radius 3 is 2.43 bits per heavy atom. The van der Waals surface area contributed by atoms with E-state index in [2.05, 4.69) is 14.8 Å². The second-order valence-corrected chi connectivity index (χ2v) is 5.56. The molecule has 0 bridgehead atoms. The van der Waals surface area contributed by atoms with Crippen molar-refractivity contribution >= 4 is 23.9 Å². The third-order valence-electron chi connectivity index (χ3n) is 3.24. The lowest BCUT2D eigenvalue weighted by atomic mass is 10.2. The Morgan fingerprint density at radius 1 is 1.22 bits per heavy atom. The van der Waals surface area contributed by atoms with Gasteiger partial charge >= 0.3 is 11.9 Å². The van der Waals surface area contributed by atoms with Gasteiger partial charge in [-0.05, 0) is 42.6 Å². The highest BCUT2D eigenvalue weighted by molar-refractivity contribution is 7.97. The molecule has 1 aliphatic rings. The molecule has 0 unspecified atom stereocenters. The SMILES string of the molecule is CO.COC(=O)c1ccc(SN[C@H]2CN[C@H](C(=O)OC)C2)cc1. The summed E-state index contributed by atoms with van der Waals surface area (Å²) in [6, 6.07) is 7.10. The van der Waals surface area contributed by atoms with E-state index in [0.717, 1.165) is 12.0 Å². The lowest BCUT2D eigenvalue weighted by Gasteiger charge is -2.11. The molecule has 3 N–H and O–H groups in total. The molecule has 23 heavy (non-hydrogen) atoms. The number of methoxy groups -OCH3 is 2. The number of carbonyl (C=O) groups is 2. The molecule has 0 radical (unpaired) electrons. The van der Waals surface area contributed by atoms with E-state index < -0.39 is 0 Å². The van der Waals surface area contributed by atoms with Crippen LogP contribution in [0, 0.1) is 0 Å². The van der Waals surface area contributed by atoms with Gasteiger partial charge in [0.15, 0.2) is 0 Å².